The van der Waals surface area contributed by atoms with Gasteiger partial charge in [-0.05, 0) is 51.2 Å². The molecule has 1 heterocycles. The van der Waals surface area contributed by atoms with Crippen LogP contribution in [0.25, 0.3) is 0 Å². The van der Waals surface area contributed by atoms with E-state index in [0.29, 0.717) is 24.7 Å². The molecule has 0 aliphatic carbocycles. The van der Waals surface area contributed by atoms with Gasteiger partial charge in [-0.25, -0.2) is 0 Å². The number of ether oxygens (including phenoxy) is 3. The van der Waals surface area contributed by atoms with Crippen LogP contribution < -0.4 is 19.5 Å². The molecule has 27 heavy (non-hydrogen) atoms. The number of para-hydroxylation sites is 2. The number of rotatable bonds is 5. The maximum atomic E-state index is 12.1. The highest BCUT2D eigenvalue weighted by Gasteiger charge is 2.21. The lowest BCUT2D eigenvalue weighted by Gasteiger charge is -2.26. The largest absolute Gasteiger partial charge is 0.486 e. The predicted molar refractivity (Wildman–Crippen MR) is 108 cm³/mol. The Morgan fingerprint density at radius 3 is 2.67 bits per heavy atom. The van der Waals surface area contributed by atoms with Crippen LogP contribution in [-0.4, -0.2) is 31.8 Å². The van der Waals surface area contributed by atoms with Crippen LogP contribution >= 0.6 is 15.9 Å². The summed E-state index contributed by atoms with van der Waals surface area (Å²) < 4.78 is 17.9. The van der Waals surface area contributed by atoms with Gasteiger partial charge in [-0.1, -0.05) is 39.0 Å². The standard InChI is InChI=1S/C21H24BrNO4/c1-21(2,3)14-8-9-17(16(22)10-14)26-13-20(24)23-11-15-12-25-18-6-4-5-7-19(18)27-15/h4-10,15H,11-13H2,1-3H3,(H,23,24)/t15-/m1/s1. The van der Waals surface area contributed by atoms with Crippen molar-refractivity contribution >= 4 is 21.8 Å². The maximum absolute atomic E-state index is 12.1. The molecule has 1 N–H and O–H groups in total. The van der Waals surface area contributed by atoms with Gasteiger partial charge >= 0.3 is 0 Å². The van der Waals surface area contributed by atoms with E-state index in [0.717, 1.165) is 10.2 Å². The van der Waals surface area contributed by atoms with Gasteiger partial charge < -0.3 is 19.5 Å². The van der Waals surface area contributed by atoms with Crippen molar-refractivity contribution in [3.05, 3.63) is 52.5 Å². The van der Waals surface area contributed by atoms with Crippen molar-refractivity contribution in [1.29, 1.82) is 0 Å². The zero-order valence-electron chi connectivity index (χ0n) is 15.8. The highest BCUT2D eigenvalue weighted by atomic mass is 79.9. The highest BCUT2D eigenvalue weighted by molar-refractivity contribution is 9.10. The lowest BCUT2D eigenvalue weighted by Crippen LogP contribution is -2.42. The quantitative estimate of drug-likeness (QED) is 0.771. The molecule has 1 aliphatic heterocycles. The predicted octanol–water partition coefficient (Wildman–Crippen LogP) is 4.08. The van der Waals surface area contributed by atoms with Gasteiger partial charge in [-0.15, -0.1) is 0 Å². The van der Waals surface area contributed by atoms with Crippen LogP contribution in [0.3, 0.4) is 0 Å². The minimum Gasteiger partial charge on any atom is -0.486 e. The van der Waals surface area contributed by atoms with Crippen molar-refractivity contribution in [2.75, 3.05) is 19.8 Å². The molecule has 3 rings (SSSR count). The monoisotopic (exact) mass is 433 g/mol. The summed E-state index contributed by atoms with van der Waals surface area (Å²) in [6, 6.07) is 13.4. The molecular formula is C21H24BrNO4. The molecule has 6 heteroatoms. The van der Waals surface area contributed by atoms with E-state index in [-0.39, 0.29) is 24.0 Å². The maximum Gasteiger partial charge on any atom is 0.258 e. The van der Waals surface area contributed by atoms with Gasteiger partial charge in [0.15, 0.2) is 18.1 Å². The number of carbonyl (C=O) groups excluding carboxylic acids is 1. The number of hydrogen-bond donors (Lipinski definition) is 1. The van der Waals surface area contributed by atoms with E-state index < -0.39 is 0 Å². The van der Waals surface area contributed by atoms with Gasteiger partial charge in [0.25, 0.3) is 5.91 Å². The second-order valence-electron chi connectivity index (χ2n) is 7.49. The molecule has 0 unspecified atom stereocenters. The first-order valence-electron chi connectivity index (χ1n) is 8.91. The summed E-state index contributed by atoms with van der Waals surface area (Å²) in [5, 5.41) is 2.82. The first kappa shape index (κ1) is 19.5. The molecule has 2 aromatic rings. The number of halogens is 1. The summed E-state index contributed by atoms with van der Waals surface area (Å²) >= 11 is 3.51. The van der Waals surface area contributed by atoms with Gasteiger partial charge in [0, 0.05) is 0 Å². The highest BCUT2D eigenvalue weighted by Crippen LogP contribution is 2.32. The molecule has 0 radical (unpaired) electrons. The van der Waals surface area contributed by atoms with Crippen LogP contribution in [0.4, 0.5) is 0 Å². The fourth-order valence-corrected chi connectivity index (χ4v) is 3.16. The molecule has 0 saturated carbocycles. The molecule has 5 nitrogen and oxygen atoms in total. The van der Waals surface area contributed by atoms with Crippen LogP contribution in [0.15, 0.2) is 46.9 Å². The van der Waals surface area contributed by atoms with Crippen molar-refractivity contribution in [3.8, 4) is 17.2 Å². The summed E-state index contributed by atoms with van der Waals surface area (Å²) in [5.41, 5.74) is 1.25. The van der Waals surface area contributed by atoms with E-state index in [1.807, 2.05) is 42.5 Å². The fourth-order valence-electron chi connectivity index (χ4n) is 2.67. The molecular weight excluding hydrogens is 410 g/mol. The van der Waals surface area contributed by atoms with E-state index in [1.54, 1.807) is 0 Å². The van der Waals surface area contributed by atoms with E-state index in [1.165, 1.54) is 5.56 Å². The number of fused-ring (bicyclic) bond motifs is 1. The topological polar surface area (TPSA) is 56.8 Å². The zero-order valence-corrected chi connectivity index (χ0v) is 17.3. The van der Waals surface area contributed by atoms with Gasteiger partial charge in [0.2, 0.25) is 0 Å². The third kappa shape index (κ3) is 5.16. The Kier molecular flexibility index (Phi) is 5.95. The van der Waals surface area contributed by atoms with Crippen LogP contribution in [0.1, 0.15) is 26.3 Å². The Labute approximate surface area is 168 Å². The van der Waals surface area contributed by atoms with E-state index in [2.05, 4.69) is 42.0 Å². The summed E-state index contributed by atoms with van der Waals surface area (Å²) in [6.45, 7) is 7.16. The van der Waals surface area contributed by atoms with Crippen molar-refractivity contribution < 1.29 is 19.0 Å². The van der Waals surface area contributed by atoms with Crippen LogP contribution in [0, 0.1) is 0 Å². The van der Waals surface area contributed by atoms with Gasteiger partial charge in [-0.2, -0.15) is 0 Å². The molecule has 0 spiro atoms. The van der Waals surface area contributed by atoms with Crippen LogP contribution in [0.5, 0.6) is 17.2 Å². The molecule has 0 fully saturated rings. The van der Waals surface area contributed by atoms with Gasteiger partial charge in [0.05, 0.1) is 11.0 Å². The summed E-state index contributed by atoms with van der Waals surface area (Å²) in [7, 11) is 0. The second kappa shape index (κ2) is 8.21. The Balaban J connectivity index is 1.47. The van der Waals surface area contributed by atoms with Crippen LogP contribution in [-0.2, 0) is 10.2 Å². The van der Waals surface area contributed by atoms with Gasteiger partial charge in [-0.3, -0.25) is 4.79 Å². The van der Waals surface area contributed by atoms with E-state index in [4.69, 9.17) is 14.2 Å². The first-order valence-corrected chi connectivity index (χ1v) is 9.70. The normalized spacial score (nSPS) is 15.9. The molecule has 0 aromatic heterocycles. The molecule has 1 atom stereocenters. The average molecular weight is 434 g/mol. The Morgan fingerprint density at radius 1 is 1.22 bits per heavy atom. The van der Waals surface area contributed by atoms with Crippen molar-refractivity contribution in [2.24, 2.45) is 0 Å². The van der Waals surface area contributed by atoms with Crippen LogP contribution in [0.2, 0.25) is 0 Å². The third-order valence-corrected chi connectivity index (χ3v) is 4.87. The zero-order chi connectivity index (χ0) is 19.4. The fraction of sp³-hybridized carbons (Fsp3) is 0.381. The van der Waals surface area contributed by atoms with Crippen molar-refractivity contribution in [1.82, 2.24) is 5.32 Å². The minimum atomic E-state index is -0.221. The minimum absolute atomic E-state index is 0.0547. The number of nitrogens with one attached hydrogen (secondary N) is 1. The molecule has 1 aliphatic rings. The van der Waals surface area contributed by atoms with Crippen molar-refractivity contribution in [2.45, 2.75) is 32.3 Å². The average Bonchev–Trinajstić information content (AvgIpc) is 2.64. The van der Waals surface area contributed by atoms with Crippen molar-refractivity contribution in [3.63, 3.8) is 0 Å². The SMILES string of the molecule is CC(C)(C)c1ccc(OCC(=O)NC[C@@H]2COc3ccccc3O2)c(Br)c1. The number of carbonyl (C=O) groups is 1. The number of amides is 1. The Hall–Kier alpha value is -2.21. The lowest BCUT2D eigenvalue weighted by atomic mass is 9.87. The first-order chi connectivity index (χ1) is 12.8. The molecule has 0 saturated heterocycles. The summed E-state index contributed by atoms with van der Waals surface area (Å²) in [6.07, 6.45) is -0.221. The number of hydrogen-bond acceptors (Lipinski definition) is 4. The molecule has 1 amide bonds. The summed E-state index contributed by atoms with van der Waals surface area (Å²) in [5.74, 6) is 1.86. The summed E-state index contributed by atoms with van der Waals surface area (Å²) in [4.78, 5) is 12.1. The smallest absolute Gasteiger partial charge is 0.258 e. The van der Waals surface area contributed by atoms with E-state index in [9.17, 15) is 4.79 Å². The van der Waals surface area contributed by atoms with E-state index >= 15 is 0 Å². The number of benzene rings is 2. The second-order valence-corrected chi connectivity index (χ2v) is 8.34. The Bertz CT molecular complexity index is 816. The molecule has 0 bridgehead atoms. The third-order valence-electron chi connectivity index (χ3n) is 4.25. The lowest BCUT2D eigenvalue weighted by molar-refractivity contribution is -0.123. The molecule has 144 valence electrons. The van der Waals surface area contributed by atoms with Gasteiger partial charge in [0.1, 0.15) is 18.5 Å². The Morgan fingerprint density at radius 2 is 1.96 bits per heavy atom. The molecule has 2 aromatic carbocycles.